The number of benzene rings is 1. The van der Waals surface area contributed by atoms with Gasteiger partial charge in [0.1, 0.15) is 11.7 Å². The molecule has 1 aromatic carbocycles. The Labute approximate surface area is 128 Å². The lowest BCUT2D eigenvalue weighted by Gasteiger charge is -2.35. The minimum Gasteiger partial charge on any atom is -0.378 e. The molecule has 0 aromatic heterocycles. The first-order valence-electron chi connectivity index (χ1n) is 6.63. The molecule has 1 atom stereocenters. The van der Waals surface area contributed by atoms with Crippen LogP contribution in [-0.4, -0.2) is 53.2 Å². The minimum atomic E-state index is -2.49. The summed E-state index contributed by atoms with van der Waals surface area (Å²) in [6, 6.07) is 5.98. The molecule has 1 amide bonds. The van der Waals surface area contributed by atoms with Crippen LogP contribution in [0.15, 0.2) is 29.0 Å². The van der Waals surface area contributed by atoms with Crippen LogP contribution in [0.3, 0.4) is 0 Å². The third-order valence-electron chi connectivity index (χ3n) is 3.28. The van der Waals surface area contributed by atoms with E-state index in [2.05, 4.69) is 10.1 Å². The van der Waals surface area contributed by atoms with E-state index in [1.807, 2.05) is 4.90 Å². The van der Waals surface area contributed by atoms with Crippen LogP contribution in [0, 0.1) is 5.82 Å². The Balaban J connectivity index is 2.15. The van der Waals surface area contributed by atoms with E-state index in [1.165, 1.54) is 12.1 Å². The Kier molecular flexibility index (Phi) is 6.35. The van der Waals surface area contributed by atoms with Crippen molar-refractivity contribution in [1.82, 2.24) is 10.2 Å². The average molecular weight is 329 g/mol. The molecule has 1 aliphatic heterocycles. The molecular formula is C13H17FN3O4P. The topological polar surface area (TPSA) is 94.4 Å². The molecule has 120 valence electrons. The number of amides is 1. The molecular weight excluding hydrogens is 312 g/mol. The van der Waals surface area contributed by atoms with Gasteiger partial charge in [-0.05, 0) is 17.7 Å². The van der Waals surface area contributed by atoms with Gasteiger partial charge in [0.15, 0.2) is 0 Å². The molecule has 1 heterocycles. The Bertz CT molecular complexity index is 527. The lowest BCUT2D eigenvalue weighted by Crippen LogP contribution is -2.45. The van der Waals surface area contributed by atoms with Crippen LogP contribution in [0.25, 0.3) is 0 Å². The zero-order chi connectivity index (χ0) is 15.9. The van der Waals surface area contributed by atoms with Crippen molar-refractivity contribution < 1.29 is 23.7 Å². The first kappa shape index (κ1) is 16.9. The van der Waals surface area contributed by atoms with E-state index in [-0.39, 0.29) is 24.2 Å². The van der Waals surface area contributed by atoms with Crippen LogP contribution >= 0.6 is 8.53 Å². The number of hydrogen-bond acceptors (Lipinski definition) is 6. The minimum absolute atomic E-state index is 0.128. The summed E-state index contributed by atoms with van der Waals surface area (Å²) in [7, 11) is -2.49. The summed E-state index contributed by atoms with van der Waals surface area (Å²) in [4.78, 5) is 30.5. The van der Waals surface area contributed by atoms with E-state index in [4.69, 9.17) is 14.5 Å². The van der Waals surface area contributed by atoms with Gasteiger partial charge in [-0.3, -0.25) is 9.69 Å². The van der Waals surface area contributed by atoms with Gasteiger partial charge in [-0.25, -0.2) is 4.39 Å². The van der Waals surface area contributed by atoms with Gasteiger partial charge in [0.25, 0.3) is 0 Å². The number of hydrogen-bond donors (Lipinski definition) is 3. The Hall–Kier alpha value is -1.44. The van der Waals surface area contributed by atoms with Crippen LogP contribution in [0.5, 0.6) is 0 Å². The third kappa shape index (κ3) is 4.79. The van der Waals surface area contributed by atoms with Gasteiger partial charge in [0.2, 0.25) is 6.41 Å². The number of amidine groups is 1. The maximum atomic E-state index is 13.0. The quantitative estimate of drug-likeness (QED) is 0.317. The lowest BCUT2D eigenvalue weighted by molar-refractivity contribution is -0.108. The lowest BCUT2D eigenvalue weighted by atomic mass is 10.0. The van der Waals surface area contributed by atoms with Gasteiger partial charge in [0.05, 0.1) is 25.8 Å². The largest absolute Gasteiger partial charge is 0.378 e. The second-order valence-corrected chi connectivity index (χ2v) is 5.43. The number of halogens is 1. The molecule has 1 saturated heterocycles. The number of carbonyl (C=O) groups excluding carboxylic acids is 1. The van der Waals surface area contributed by atoms with Gasteiger partial charge in [-0.15, -0.1) is 0 Å². The van der Waals surface area contributed by atoms with Crippen molar-refractivity contribution in [2.24, 2.45) is 4.76 Å². The monoisotopic (exact) mass is 329 g/mol. The van der Waals surface area contributed by atoms with Gasteiger partial charge >= 0.3 is 8.53 Å². The fraction of sp³-hybridized carbons (Fsp3) is 0.385. The molecule has 9 heteroatoms. The first-order valence-corrected chi connectivity index (χ1v) is 7.83. The Morgan fingerprint density at radius 1 is 1.50 bits per heavy atom. The van der Waals surface area contributed by atoms with Gasteiger partial charge in [-0.2, -0.15) is 4.76 Å². The summed E-state index contributed by atoms with van der Waals surface area (Å²) in [5.41, 5.74) is 0.877. The highest BCUT2D eigenvalue weighted by atomic mass is 31.2. The molecule has 1 fully saturated rings. The van der Waals surface area contributed by atoms with Crippen molar-refractivity contribution in [2.75, 3.05) is 26.3 Å². The van der Waals surface area contributed by atoms with Crippen molar-refractivity contribution >= 4 is 20.8 Å². The molecule has 0 aliphatic carbocycles. The molecule has 2 rings (SSSR count). The molecule has 0 spiro atoms. The summed E-state index contributed by atoms with van der Waals surface area (Å²) in [5, 5.41) is 2.37. The molecule has 0 unspecified atom stereocenters. The highest BCUT2D eigenvalue weighted by Crippen LogP contribution is 2.27. The number of ether oxygens (including phenoxy) is 1. The third-order valence-corrected chi connectivity index (χ3v) is 3.70. The molecule has 0 radical (unpaired) electrons. The van der Waals surface area contributed by atoms with Crippen LogP contribution < -0.4 is 5.32 Å². The van der Waals surface area contributed by atoms with Gasteiger partial charge in [-0.1, -0.05) is 12.1 Å². The van der Waals surface area contributed by atoms with Crippen LogP contribution in [0.1, 0.15) is 11.6 Å². The number of morpholine rings is 1. The molecule has 1 aliphatic rings. The zero-order valence-corrected chi connectivity index (χ0v) is 12.6. The fourth-order valence-corrected chi connectivity index (χ4v) is 2.63. The van der Waals surface area contributed by atoms with Crippen molar-refractivity contribution in [3.05, 3.63) is 35.6 Å². The maximum absolute atomic E-state index is 13.0. The molecule has 1 aromatic rings. The number of rotatable bonds is 5. The second kappa shape index (κ2) is 8.26. The summed E-state index contributed by atoms with van der Waals surface area (Å²) in [6.45, 7) is 1.74. The predicted octanol–water partition coefficient (Wildman–Crippen LogP) is 0.555. The molecule has 22 heavy (non-hydrogen) atoms. The second-order valence-electron chi connectivity index (χ2n) is 4.69. The average Bonchev–Trinajstić information content (AvgIpc) is 2.48. The predicted molar refractivity (Wildman–Crippen MR) is 79.5 cm³/mol. The SMILES string of the molecule is O=CN/C(CN1CCOC[C@@H]1c1ccc(F)cc1)=N/P(O)O. The summed E-state index contributed by atoms with van der Waals surface area (Å²) in [6.07, 6.45) is 0.436. The van der Waals surface area contributed by atoms with E-state index in [9.17, 15) is 9.18 Å². The van der Waals surface area contributed by atoms with Gasteiger partial charge < -0.3 is 19.8 Å². The van der Waals surface area contributed by atoms with Gasteiger partial charge in [0, 0.05) is 6.54 Å². The van der Waals surface area contributed by atoms with Crippen molar-refractivity contribution in [3.8, 4) is 0 Å². The zero-order valence-electron chi connectivity index (χ0n) is 11.7. The summed E-state index contributed by atoms with van der Waals surface area (Å²) >= 11 is 0. The van der Waals surface area contributed by atoms with Crippen LogP contribution in [0.4, 0.5) is 4.39 Å². The number of nitrogens with one attached hydrogen (secondary N) is 1. The number of carbonyl (C=O) groups is 1. The van der Waals surface area contributed by atoms with Crippen molar-refractivity contribution in [2.45, 2.75) is 6.04 Å². The van der Waals surface area contributed by atoms with E-state index in [1.54, 1.807) is 12.1 Å². The number of nitrogens with zero attached hydrogens (tertiary/aromatic N) is 2. The summed E-state index contributed by atoms with van der Waals surface area (Å²) in [5.74, 6) is -0.150. The fourth-order valence-electron chi connectivity index (χ4n) is 2.29. The molecule has 0 saturated carbocycles. The smallest absolute Gasteiger partial charge is 0.306 e. The van der Waals surface area contributed by atoms with Crippen molar-refractivity contribution in [1.29, 1.82) is 0 Å². The van der Waals surface area contributed by atoms with E-state index < -0.39 is 8.53 Å². The molecule has 3 N–H and O–H groups in total. The molecule has 0 bridgehead atoms. The summed E-state index contributed by atoms with van der Waals surface area (Å²) < 4.78 is 22.1. The highest BCUT2D eigenvalue weighted by molar-refractivity contribution is 7.43. The highest BCUT2D eigenvalue weighted by Gasteiger charge is 2.26. The Morgan fingerprint density at radius 2 is 2.23 bits per heavy atom. The van der Waals surface area contributed by atoms with Crippen LogP contribution in [-0.2, 0) is 9.53 Å². The van der Waals surface area contributed by atoms with E-state index in [0.717, 1.165) is 5.56 Å². The van der Waals surface area contributed by atoms with E-state index >= 15 is 0 Å². The molecule has 7 nitrogen and oxygen atoms in total. The van der Waals surface area contributed by atoms with E-state index in [0.29, 0.717) is 26.2 Å². The van der Waals surface area contributed by atoms with Crippen LogP contribution in [0.2, 0.25) is 0 Å². The maximum Gasteiger partial charge on any atom is 0.306 e. The standard InChI is InChI=1S/C13H17FN3O4P/c14-11-3-1-10(2-4-11)12-8-21-6-5-17(12)7-13(15-9-18)16-22(19)20/h1-4,9,12,19-20H,5-8H2,(H,15,16,18)/t12-/m1/s1. The first-order chi connectivity index (χ1) is 10.6. The Morgan fingerprint density at radius 3 is 2.86 bits per heavy atom. The van der Waals surface area contributed by atoms with Crippen molar-refractivity contribution in [3.63, 3.8) is 0 Å². The normalized spacial score (nSPS) is 20.2.